The molecule has 0 N–H and O–H groups in total. The van der Waals surface area contributed by atoms with Gasteiger partial charge in [0, 0.05) is 11.8 Å². The highest BCUT2D eigenvalue weighted by Gasteiger charge is 2.25. The highest BCUT2D eigenvalue weighted by molar-refractivity contribution is 5.78. The number of hydrogen-bond donors (Lipinski definition) is 0. The van der Waals surface area contributed by atoms with E-state index in [2.05, 4.69) is 29.2 Å². The molecule has 0 atom stereocenters. The van der Waals surface area contributed by atoms with E-state index in [9.17, 15) is 0 Å². The Balaban J connectivity index is 1.98. The van der Waals surface area contributed by atoms with Gasteiger partial charge in [0.2, 0.25) is 5.88 Å². The van der Waals surface area contributed by atoms with Gasteiger partial charge >= 0.3 is 0 Å². The van der Waals surface area contributed by atoms with Crippen molar-refractivity contribution in [3.63, 3.8) is 0 Å². The average Bonchev–Trinajstić information content (AvgIpc) is 3.11. The maximum Gasteiger partial charge on any atom is 0.221 e. The third kappa shape index (κ3) is 2.38. The van der Waals surface area contributed by atoms with Crippen LogP contribution in [-0.4, -0.2) is 17.1 Å². The largest absolute Gasteiger partial charge is 0.481 e. The van der Waals surface area contributed by atoms with Crippen LogP contribution in [0.5, 0.6) is 5.88 Å². The summed E-state index contributed by atoms with van der Waals surface area (Å²) in [5.74, 6) is 0.692. The molecule has 0 saturated heterocycles. The van der Waals surface area contributed by atoms with Crippen LogP contribution >= 0.6 is 0 Å². The van der Waals surface area contributed by atoms with Crippen LogP contribution in [0.2, 0.25) is 0 Å². The van der Waals surface area contributed by atoms with Gasteiger partial charge in [-0.2, -0.15) is 0 Å². The molecule has 23 heavy (non-hydrogen) atoms. The van der Waals surface area contributed by atoms with E-state index in [-0.39, 0.29) is 0 Å². The van der Waals surface area contributed by atoms with E-state index >= 15 is 0 Å². The molecular weight excluding hydrogens is 284 g/mol. The van der Waals surface area contributed by atoms with Crippen molar-refractivity contribution in [1.82, 2.24) is 9.97 Å². The Bertz CT molecular complexity index is 829. The lowest BCUT2D eigenvalue weighted by Crippen LogP contribution is -2.02. The molecule has 0 unspecified atom stereocenters. The van der Waals surface area contributed by atoms with Crippen LogP contribution in [0.15, 0.2) is 54.7 Å². The van der Waals surface area contributed by atoms with Crippen molar-refractivity contribution in [3.05, 3.63) is 65.9 Å². The van der Waals surface area contributed by atoms with Crippen molar-refractivity contribution in [2.75, 3.05) is 7.11 Å². The van der Waals surface area contributed by atoms with Crippen LogP contribution in [0.3, 0.4) is 0 Å². The fraction of sp³-hybridized carbons (Fsp3) is 0.200. The van der Waals surface area contributed by atoms with Gasteiger partial charge in [0.25, 0.3) is 0 Å². The molecule has 3 heteroatoms. The van der Waals surface area contributed by atoms with Crippen LogP contribution in [0, 0.1) is 0 Å². The molecule has 2 heterocycles. The van der Waals surface area contributed by atoms with Crippen molar-refractivity contribution >= 4 is 0 Å². The number of benzene rings is 1. The number of pyridine rings is 2. The molecule has 114 valence electrons. The maximum absolute atomic E-state index is 5.65. The van der Waals surface area contributed by atoms with E-state index in [1.165, 1.54) is 16.7 Å². The van der Waals surface area contributed by atoms with E-state index in [1.807, 2.05) is 30.5 Å². The fourth-order valence-electron chi connectivity index (χ4n) is 3.40. The molecule has 4 rings (SSSR count). The van der Waals surface area contributed by atoms with Crippen LogP contribution in [0.1, 0.15) is 17.5 Å². The minimum atomic E-state index is 0.692. The predicted molar refractivity (Wildman–Crippen MR) is 91.5 cm³/mol. The Kier molecular flexibility index (Phi) is 3.54. The Morgan fingerprint density at radius 2 is 1.70 bits per heavy atom. The molecule has 1 aromatic carbocycles. The van der Waals surface area contributed by atoms with Crippen LogP contribution in [-0.2, 0) is 12.8 Å². The summed E-state index contributed by atoms with van der Waals surface area (Å²) in [6, 6.07) is 16.3. The molecule has 0 bridgehead atoms. The number of ether oxygens (including phenoxy) is 1. The summed E-state index contributed by atoms with van der Waals surface area (Å²) >= 11 is 0. The Morgan fingerprint density at radius 3 is 2.43 bits per heavy atom. The van der Waals surface area contributed by atoms with Crippen molar-refractivity contribution < 1.29 is 4.74 Å². The zero-order valence-corrected chi connectivity index (χ0v) is 13.1. The number of rotatable bonds is 3. The molecule has 0 amide bonds. The molecule has 3 nitrogen and oxygen atoms in total. The normalized spacial score (nSPS) is 12.9. The summed E-state index contributed by atoms with van der Waals surface area (Å²) in [4.78, 5) is 9.31. The van der Waals surface area contributed by atoms with Gasteiger partial charge in [-0.25, -0.2) is 4.98 Å². The Hall–Kier alpha value is -2.68. The number of methoxy groups -OCH3 is 1. The van der Waals surface area contributed by atoms with Crippen LogP contribution < -0.4 is 4.74 Å². The van der Waals surface area contributed by atoms with E-state index in [1.54, 1.807) is 7.11 Å². The molecule has 0 aliphatic heterocycles. The first-order valence-electron chi connectivity index (χ1n) is 7.95. The standard InChI is InChI=1S/C20H18N2O/c1-23-20-18(14-8-3-2-4-9-14)15-10-7-11-16(15)19(22-20)17-12-5-6-13-21-17/h2-6,8-9,12-13H,7,10-11H2,1H3. The lowest BCUT2D eigenvalue weighted by molar-refractivity contribution is 0.399. The summed E-state index contributed by atoms with van der Waals surface area (Å²) in [6.07, 6.45) is 5.09. The first-order valence-corrected chi connectivity index (χ1v) is 7.95. The van der Waals surface area contributed by atoms with Crippen molar-refractivity contribution in [1.29, 1.82) is 0 Å². The lowest BCUT2D eigenvalue weighted by atomic mass is 9.96. The van der Waals surface area contributed by atoms with E-state index in [4.69, 9.17) is 9.72 Å². The van der Waals surface area contributed by atoms with Gasteiger partial charge in [0.1, 0.15) is 0 Å². The van der Waals surface area contributed by atoms with Gasteiger partial charge in [-0.1, -0.05) is 36.4 Å². The lowest BCUT2D eigenvalue weighted by Gasteiger charge is -2.16. The van der Waals surface area contributed by atoms with E-state index < -0.39 is 0 Å². The first kappa shape index (κ1) is 13.9. The SMILES string of the molecule is COc1nc(-c2ccccn2)c2c(c1-c1ccccc1)CCC2. The topological polar surface area (TPSA) is 35.0 Å². The second-order valence-electron chi connectivity index (χ2n) is 5.74. The highest BCUT2D eigenvalue weighted by Crippen LogP contribution is 2.41. The highest BCUT2D eigenvalue weighted by atomic mass is 16.5. The van der Waals surface area contributed by atoms with E-state index in [0.29, 0.717) is 5.88 Å². The second-order valence-corrected chi connectivity index (χ2v) is 5.74. The molecule has 3 aromatic rings. The zero-order valence-electron chi connectivity index (χ0n) is 13.1. The van der Waals surface area contributed by atoms with Gasteiger partial charge in [-0.3, -0.25) is 4.98 Å². The zero-order chi connectivity index (χ0) is 15.6. The molecule has 0 spiro atoms. The second kappa shape index (κ2) is 5.84. The molecular formula is C20H18N2O. The van der Waals surface area contributed by atoms with Crippen LogP contribution in [0.4, 0.5) is 0 Å². The van der Waals surface area contributed by atoms with Gasteiger partial charge < -0.3 is 4.74 Å². The van der Waals surface area contributed by atoms with Crippen molar-refractivity contribution in [2.45, 2.75) is 19.3 Å². The van der Waals surface area contributed by atoms with Gasteiger partial charge in [0.05, 0.1) is 18.5 Å². The van der Waals surface area contributed by atoms with Crippen molar-refractivity contribution in [3.8, 4) is 28.4 Å². The smallest absolute Gasteiger partial charge is 0.221 e. The summed E-state index contributed by atoms with van der Waals surface area (Å²) in [7, 11) is 1.69. The van der Waals surface area contributed by atoms with E-state index in [0.717, 1.165) is 36.2 Å². The maximum atomic E-state index is 5.65. The quantitative estimate of drug-likeness (QED) is 0.723. The minimum Gasteiger partial charge on any atom is -0.481 e. The molecule has 0 saturated carbocycles. The minimum absolute atomic E-state index is 0.692. The van der Waals surface area contributed by atoms with Crippen molar-refractivity contribution in [2.24, 2.45) is 0 Å². The van der Waals surface area contributed by atoms with Gasteiger partial charge in [-0.05, 0) is 48.1 Å². The average molecular weight is 302 g/mol. The molecule has 2 aromatic heterocycles. The monoisotopic (exact) mass is 302 g/mol. The number of aromatic nitrogens is 2. The molecule has 1 aliphatic rings. The Labute approximate surface area is 136 Å². The van der Waals surface area contributed by atoms with Gasteiger partial charge in [0.15, 0.2) is 0 Å². The number of hydrogen-bond acceptors (Lipinski definition) is 3. The summed E-state index contributed by atoms with van der Waals surface area (Å²) in [5, 5.41) is 0. The van der Waals surface area contributed by atoms with Crippen LogP contribution in [0.25, 0.3) is 22.5 Å². The third-order valence-corrected chi connectivity index (χ3v) is 4.40. The number of nitrogens with zero attached hydrogens (tertiary/aromatic N) is 2. The number of fused-ring (bicyclic) bond motifs is 1. The fourth-order valence-corrected chi connectivity index (χ4v) is 3.40. The molecule has 1 aliphatic carbocycles. The summed E-state index contributed by atoms with van der Waals surface area (Å²) in [6.45, 7) is 0. The predicted octanol–water partition coefficient (Wildman–Crippen LogP) is 4.31. The summed E-state index contributed by atoms with van der Waals surface area (Å²) < 4.78 is 5.65. The Morgan fingerprint density at radius 1 is 0.913 bits per heavy atom. The van der Waals surface area contributed by atoms with Gasteiger partial charge in [-0.15, -0.1) is 0 Å². The molecule has 0 radical (unpaired) electrons. The first-order chi connectivity index (χ1) is 11.4. The summed E-state index contributed by atoms with van der Waals surface area (Å²) in [5.41, 5.74) is 6.88. The molecule has 0 fully saturated rings. The third-order valence-electron chi connectivity index (χ3n) is 4.40.